The molecule has 1 unspecified atom stereocenters. The van der Waals surface area contributed by atoms with E-state index in [1.165, 1.54) is 0 Å². The van der Waals surface area contributed by atoms with E-state index < -0.39 is 0 Å². The third-order valence-corrected chi connectivity index (χ3v) is 1.85. The van der Waals surface area contributed by atoms with E-state index >= 15 is 0 Å². The molecule has 0 saturated carbocycles. The summed E-state index contributed by atoms with van der Waals surface area (Å²) in [4.78, 5) is 2.23. The lowest BCUT2D eigenvalue weighted by Crippen LogP contribution is -2.30. The van der Waals surface area contributed by atoms with Crippen molar-refractivity contribution in [3.8, 4) is 0 Å². The van der Waals surface area contributed by atoms with Gasteiger partial charge in [-0.25, -0.2) is 0 Å². The summed E-state index contributed by atoms with van der Waals surface area (Å²) in [7, 11) is 2.08. The number of aliphatic hydroxyl groups is 1. The Morgan fingerprint density at radius 3 is 2.58 bits per heavy atom. The van der Waals surface area contributed by atoms with Crippen molar-refractivity contribution in [1.82, 2.24) is 10.2 Å². The van der Waals surface area contributed by atoms with E-state index in [2.05, 4.69) is 24.2 Å². The van der Waals surface area contributed by atoms with Crippen LogP contribution in [-0.2, 0) is 0 Å². The molecular formula is C9H22N2O. The molecule has 0 aromatic rings. The molecule has 0 aliphatic carbocycles. The summed E-state index contributed by atoms with van der Waals surface area (Å²) in [5, 5.41) is 12.3. The van der Waals surface area contributed by atoms with Crippen molar-refractivity contribution in [3.63, 3.8) is 0 Å². The van der Waals surface area contributed by atoms with Crippen LogP contribution in [0.1, 0.15) is 20.3 Å². The quantitative estimate of drug-likeness (QED) is 0.545. The first-order valence-electron chi connectivity index (χ1n) is 4.74. The van der Waals surface area contributed by atoms with Gasteiger partial charge in [0.05, 0.1) is 6.10 Å². The summed E-state index contributed by atoms with van der Waals surface area (Å²) in [6, 6.07) is 0. The van der Waals surface area contributed by atoms with E-state index in [4.69, 9.17) is 5.11 Å². The molecule has 0 aliphatic rings. The lowest BCUT2D eigenvalue weighted by atomic mass is 10.3. The van der Waals surface area contributed by atoms with Crippen molar-refractivity contribution in [2.75, 3.05) is 33.2 Å². The Balaban J connectivity index is 3.15. The molecule has 3 nitrogen and oxygen atoms in total. The van der Waals surface area contributed by atoms with Gasteiger partial charge in [0.15, 0.2) is 0 Å². The molecule has 0 saturated heterocycles. The van der Waals surface area contributed by atoms with Gasteiger partial charge in [-0.3, -0.25) is 0 Å². The maximum Gasteiger partial charge on any atom is 0.0524 e. The van der Waals surface area contributed by atoms with Crippen molar-refractivity contribution in [2.45, 2.75) is 26.4 Å². The number of nitrogens with zero attached hydrogens (tertiary/aromatic N) is 1. The van der Waals surface area contributed by atoms with Crippen LogP contribution in [0.15, 0.2) is 0 Å². The standard InChI is InChI=1S/C9H22N2O/c1-4-10-6-8-11(3)7-5-9(2)12/h9-10,12H,4-8H2,1-3H3. The summed E-state index contributed by atoms with van der Waals surface area (Å²) in [6.45, 7) is 8.04. The highest BCUT2D eigenvalue weighted by Gasteiger charge is 1.99. The van der Waals surface area contributed by atoms with Gasteiger partial charge in [0, 0.05) is 19.6 Å². The molecular weight excluding hydrogens is 152 g/mol. The van der Waals surface area contributed by atoms with E-state index in [0.717, 1.165) is 32.6 Å². The van der Waals surface area contributed by atoms with E-state index in [-0.39, 0.29) is 6.10 Å². The topological polar surface area (TPSA) is 35.5 Å². The average molecular weight is 174 g/mol. The molecule has 0 aromatic heterocycles. The molecule has 0 radical (unpaired) electrons. The minimum Gasteiger partial charge on any atom is -0.393 e. The van der Waals surface area contributed by atoms with Crippen LogP contribution in [0.25, 0.3) is 0 Å². The van der Waals surface area contributed by atoms with Gasteiger partial charge in [-0.05, 0) is 26.9 Å². The van der Waals surface area contributed by atoms with Gasteiger partial charge in [0.2, 0.25) is 0 Å². The summed E-state index contributed by atoms with van der Waals surface area (Å²) in [5.74, 6) is 0. The molecule has 1 atom stereocenters. The van der Waals surface area contributed by atoms with Crippen LogP contribution in [-0.4, -0.2) is 49.3 Å². The first-order valence-corrected chi connectivity index (χ1v) is 4.74. The number of hydrogen-bond acceptors (Lipinski definition) is 3. The van der Waals surface area contributed by atoms with Crippen molar-refractivity contribution < 1.29 is 5.11 Å². The highest BCUT2D eigenvalue weighted by Crippen LogP contribution is 1.91. The molecule has 0 aromatic carbocycles. The Hall–Kier alpha value is -0.120. The zero-order valence-electron chi connectivity index (χ0n) is 8.51. The maximum absolute atomic E-state index is 9.03. The van der Waals surface area contributed by atoms with Crippen LogP contribution < -0.4 is 5.32 Å². The van der Waals surface area contributed by atoms with Crippen LogP contribution in [0.2, 0.25) is 0 Å². The maximum atomic E-state index is 9.03. The molecule has 74 valence electrons. The van der Waals surface area contributed by atoms with Gasteiger partial charge in [0.25, 0.3) is 0 Å². The molecule has 0 fully saturated rings. The monoisotopic (exact) mass is 174 g/mol. The number of hydrogen-bond donors (Lipinski definition) is 2. The summed E-state index contributed by atoms with van der Waals surface area (Å²) in [6.07, 6.45) is 0.689. The second-order valence-electron chi connectivity index (χ2n) is 3.29. The highest BCUT2D eigenvalue weighted by molar-refractivity contribution is 4.56. The molecule has 0 bridgehead atoms. The SMILES string of the molecule is CCNCCN(C)CCC(C)O. The minimum absolute atomic E-state index is 0.174. The van der Waals surface area contributed by atoms with E-state index in [0.29, 0.717) is 0 Å². The number of aliphatic hydroxyl groups excluding tert-OH is 1. The second kappa shape index (κ2) is 7.53. The number of likely N-dealkylation sites (N-methyl/N-ethyl adjacent to an activating group) is 2. The molecule has 12 heavy (non-hydrogen) atoms. The normalized spacial score (nSPS) is 13.8. The molecule has 0 rings (SSSR count). The Morgan fingerprint density at radius 1 is 1.42 bits per heavy atom. The summed E-state index contributed by atoms with van der Waals surface area (Å²) in [5.41, 5.74) is 0. The number of nitrogens with one attached hydrogen (secondary N) is 1. The Kier molecular flexibility index (Phi) is 7.45. The molecule has 2 N–H and O–H groups in total. The van der Waals surface area contributed by atoms with E-state index in [1.54, 1.807) is 0 Å². The summed E-state index contributed by atoms with van der Waals surface area (Å²) < 4.78 is 0. The van der Waals surface area contributed by atoms with Crippen LogP contribution in [0, 0.1) is 0 Å². The first-order chi connectivity index (χ1) is 5.66. The zero-order valence-corrected chi connectivity index (χ0v) is 8.51. The van der Waals surface area contributed by atoms with Crippen LogP contribution in [0.3, 0.4) is 0 Å². The molecule has 0 aliphatic heterocycles. The second-order valence-corrected chi connectivity index (χ2v) is 3.29. The minimum atomic E-state index is -0.174. The Labute approximate surface area is 75.8 Å². The Bertz CT molecular complexity index is 96.5. The van der Waals surface area contributed by atoms with Crippen LogP contribution in [0.5, 0.6) is 0 Å². The van der Waals surface area contributed by atoms with Gasteiger partial charge in [0.1, 0.15) is 0 Å². The molecule has 0 heterocycles. The van der Waals surface area contributed by atoms with Gasteiger partial charge < -0.3 is 15.3 Å². The third kappa shape index (κ3) is 7.98. The lowest BCUT2D eigenvalue weighted by Gasteiger charge is -2.17. The lowest BCUT2D eigenvalue weighted by molar-refractivity contribution is 0.164. The predicted octanol–water partition coefficient (Wildman–Crippen LogP) is 0.299. The van der Waals surface area contributed by atoms with E-state index in [9.17, 15) is 0 Å². The third-order valence-electron chi connectivity index (χ3n) is 1.85. The van der Waals surface area contributed by atoms with Gasteiger partial charge >= 0.3 is 0 Å². The van der Waals surface area contributed by atoms with Crippen LogP contribution in [0.4, 0.5) is 0 Å². The molecule has 0 spiro atoms. The Morgan fingerprint density at radius 2 is 2.08 bits per heavy atom. The fourth-order valence-electron chi connectivity index (χ4n) is 0.966. The fourth-order valence-corrected chi connectivity index (χ4v) is 0.966. The fraction of sp³-hybridized carbons (Fsp3) is 1.00. The van der Waals surface area contributed by atoms with Crippen molar-refractivity contribution in [2.24, 2.45) is 0 Å². The predicted molar refractivity (Wildman–Crippen MR) is 52.3 cm³/mol. The largest absolute Gasteiger partial charge is 0.393 e. The smallest absolute Gasteiger partial charge is 0.0524 e. The molecule has 3 heteroatoms. The van der Waals surface area contributed by atoms with Crippen LogP contribution >= 0.6 is 0 Å². The average Bonchev–Trinajstić information content (AvgIpc) is 2.01. The van der Waals surface area contributed by atoms with E-state index in [1.807, 2.05) is 6.92 Å². The van der Waals surface area contributed by atoms with Crippen molar-refractivity contribution in [3.05, 3.63) is 0 Å². The highest BCUT2D eigenvalue weighted by atomic mass is 16.3. The first kappa shape index (κ1) is 11.9. The molecule has 0 amide bonds. The van der Waals surface area contributed by atoms with Gasteiger partial charge in [-0.2, -0.15) is 0 Å². The van der Waals surface area contributed by atoms with Crippen molar-refractivity contribution in [1.29, 1.82) is 0 Å². The zero-order chi connectivity index (χ0) is 9.40. The number of rotatable bonds is 7. The van der Waals surface area contributed by atoms with Gasteiger partial charge in [-0.1, -0.05) is 6.92 Å². The van der Waals surface area contributed by atoms with Gasteiger partial charge in [-0.15, -0.1) is 0 Å². The van der Waals surface area contributed by atoms with Crippen molar-refractivity contribution >= 4 is 0 Å². The summed E-state index contributed by atoms with van der Waals surface area (Å²) >= 11 is 0.